The third-order valence-corrected chi connectivity index (χ3v) is 5.06. The Morgan fingerprint density at radius 1 is 1.10 bits per heavy atom. The van der Waals surface area contributed by atoms with Crippen molar-refractivity contribution in [2.75, 3.05) is 20.2 Å². The van der Waals surface area contributed by atoms with E-state index in [-0.39, 0.29) is 18.4 Å². The van der Waals surface area contributed by atoms with E-state index in [9.17, 15) is 9.59 Å². The van der Waals surface area contributed by atoms with Crippen LogP contribution in [-0.2, 0) is 9.53 Å². The van der Waals surface area contributed by atoms with E-state index in [1.54, 1.807) is 22.7 Å². The van der Waals surface area contributed by atoms with Gasteiger partial charge in [-0.25, -0.2) is 4.68 Å². The van der Waals surface area contributed by atoms with Gasteiger partial charge in [0, 0.05) is 24.8 Å². The molecule has 0 N–H and O–H groups in total. The summed E-state index contributed by atoms with van der Waals surface area (Å²) in [6.45, 7) is 6.44. The second-order valence-electron chi connectivity index (χ2n) is 7.31. The van der Waals surface area contributed by atoms with Crippen LogP contribution in [-0.4, -0.2) is 46.8 Å². The molecule has 0 spiro atoms. The van der Waals surface area contributed by atoms with Crippen LogP contribution in [0.4, 0.5) is 0 Å². The monoisotopic (exact) mass is 405 g/mol. The molecule has 1 atom stereocenters. The molecule has 1 amide bonds. The summed E-state index contributed by atoms with van der Waals surface area (Å²) in [7, 11) is 1.36. The van der Waals surface area contributed by atoms with Crippen LogP contribution in [0.1, 0.15) is 29.8 Å². The van der Waals surface area contributed by atoms with Gasteiger partial charge in [0.1, 0.15) is 5.69 Å². The van der Waals surface area contributed by atoms with E-state index >= 15 is 0 Å². The first-order chi connectivity index (χ1) is 14.4. The Bertz CT molecular complexity index is 1010. The lowest BCUT2D eigenvalue weighted by Gasteiger charge is -2.23. The lowest BCUT2D eigenvalue weighted by Crippen LogP contribution is -2.37. The number of carbonyl (C=O) groups excluding carboxylic acids is 2. The van der Waals surface area contributed by atoms with Crippen LogP contribution < -0.4 is 0 Å². The number of methoxy groups -OCH3 is 1. The van der Waals surface area contributed by atoms with Crippen molar-refractivity contribution in [3.05, 3.63) is 71.9 Å². The SMILES string of the molecule is CCN(CC(C)C(=O)OC)C(=O)c1cn(-c2ccc(C)cc2)nc1-c1ccccc1. The maximum Gasteiger partial charge on any atom is 0.310 e. The van der Waals surface area contributed by atoms with Gasteiger partial charge in [0.25, 0.3) is 5.91 Å². The summed E-state index contributed by atoms with van der Waals surface area (Å²) in [6.07, 6.45) is 1.76. The van der Waals surface area contributed by atoms with Crippen LogP contribution in [0, 0.1) is 12.8 Å². The molecular formula is C24H27N3O3. The molecule has 0 radical (unpaired) electrons. The van der Waals surface area contributed by atoms with Crippen molar-refractivity contribution < 1.29 is 14.3 Å². The number of aryl methyl sites for hydroxylation is 1. The number of ether oxygens (including phenoxy) is 1. The van der Waals surface area contributed by atoms with Gasteiger partial charge in [-0.2, -0.15) is 5.10 Å². The summed E-state index contributed by atoms with van der Waals surface area (Å²) in [6, 6.07) is 17.6. The molecule has 2 aromatic carbocycles. The molecule has 0 aliphatic heterocycles. The normalized spacial score (nSPS) is 11.7. The summed E-state index contributed by atoms with van der Waals surface area (Å²) < 4.78 is 6.54. The third kappa shape index (κ3) is 4.59. The first kappa shape index (κ1) is 21.3. The first-order valence-corrected chi connectivity index (χ1v) is 10.0. The summed E-state index contributed by atoms with van der Waals surface area (Å²) in [5.41, 5.74) is 4.01. The van der Waals surface area contributed by atoms with Crippen LogP contribution in [0.15, 0.2) is 60.8 Å². The Morgan fingerprint density at radius 3 is 2.37 bits per heavy atom. The number of amides is 1. The number of carbonyl (C=O) groups is 2. The van der Waals surface area contributed by atoms with Gasteiger partial charge in [-0.05, 0) is 26.0 Å². The molecule has 30 heavy (non-hydrogen) atoms. The summed E-state index contributed by atoms with van der Waals surface area (Å²) in [5, 5.41) is 4.73. The van der Waals surface area contributed by atoms with Crippen molar-refractivity contribution >= 4 is 11.9 Å². The van der Waals surface area contributed by atoms with Gasteiger partial charge in [0.15, 0.2) is 0 Å². The Balaban J connectivity index is 2.01. The minimum absolute atomic E-state index is 0.162. The molecule has 0 fully saturated rings. The van der Waals surface area contributed by atoms with Crippen LogP contribution in [0.25, 0.3) is 16.9 Å². The average Bonchev–Trinajstić information content (AvgIpc) is 3.22. The third-order valence-electron chi connectivity index (χ3n) is 5.06. The van der Waals surface area contributed by atoms with Gasteiger partial charge in [-0.1, -0.05) is 55.0 Å². The predicted octanol–water partition coefficient (Wildman–Crippen LogP) is 4.12. The number of nitrogens with zero attached hydrogens (tertiary/aromatic N) is 3. The van der Waals surface area contributed by atoms with E-state index in [0.29, 0.717) is 17.8 Å². The minimum Gasteiger partial charge on any atom is -0.469 e. The molecule has 0 saturated carbocycles. The zero-order valence-corrected chi connectivity index (χ0v) is 17.8. The zero-order chi connectivity index (χ0) is 21.7. The van der Waals surface area contributed by atoms with Crippen molar-refractivity contribution in [1.29, 1.82) is 0 Å². The second-order valence-corrected chi connectivity index (χ2v) is 7.31. The van der Waals surface area contributed by atoms with Crippen LogP contribution >= 0.6 is 0 Å². The highest BCUT2D eigenvalue weighted by molar-refractivity contribution is 6.00. The fourth-order valence-corrected chi connectivity index (χ4v) is 3.30. The Kier molecular flexibility index (Phi) is 6.67. The molecule has 1 unspecified atom stereocenters. The van der Waals surface area contributed by atoms with Gasteiger partial charge < -0.3 is 9.64 Å². The van der Waals surface area contributed by atoms with Gasteiger partial charge in [-0.3, -0.25) is 9.59 Å². The fraction of sp³-hybridized carbons (Fsp3) is 0.292. The van der Waals surface area contributed by atoms with Gasteiger partial charge in [0.2, 0.25) is 0 Å². The van der Waals surface area contributed by atoms with Gasteiger partial charge in [0.05, 0.1) is 24.3 Å². The summed E-state index contributed by atoms with van der Waals surface area (Å²) in [5.74, 6) is -0.906. The number of esters is 1. The van der Waals surface area contributed by atoms with Gasteiger partial charge in [-0.15, -0.1) is 0 Å². The average molecular weight is 405 g/mol. The molecular weight excluding hydrogens is 378 g/mol. The Hall–Kier alpha value is -3.41. The Labute approximate surface area is 177 Å². The molecule has 3 rings (SSSR count). The van der Waals surface area contributed by atoms with Crippen LogP contribution in [0.2, 0.25) is 0 Å². The van der Waals surface area contributed by atoms with Crippen molar-refractivity contribution in [3.63, 3.8) is 0 Å². The Morgan fingerprint density at radius 2 is 1.77 bits per heavy atom. The number of aromatic nitrogens is 2. The van der Waals surface area contributed by atoms with Crippen molar-refractivity contribution in [1.82, 2.24) is 14.7 Å². The first-order valence-electron chi connectivity index (χ1n) is 10.0. The lowest BCUT2D eigenvalue weighted by atomic mass is 10.1. The van der Waals surface area contributed by atoms with Crippen LogP contribution in [0.3, 0.4) is 0 Å². The number of rotatable bonds is 7. The molecule has 156 valence electrons. The van der Waals surface area contributed by atoms with Crippen LogP contribution in [0.5, 0.6) is 0 Å². The molecule has 6 nitrogen and oxygen atoms in total. The van der Waals surface area contributed by atoms with E-state index in [2.05, 4.69) is 0 Å². The smallest absolute Gasteiger partial charge is 0.310 e. The topological polar surface area (TPSA) is 64.4 Å². The maximum absolute atomic E-state index is 13.4. The van der Waals surface area contributed by atoms with Crippen molar-refractivity contribution in [2.45, 2.75) is 20.8 Å². The highest BCUT2D eigenvalue weighted by Gasteiger charge is 2.26. The van der Waals surface area contributed by atoms with Gasteiger partial charge >= 0.3 is 5.97 Å². The number of benzene rings is 2. The van der Waals surface area contributed by atoms with E-state index in [0.717, 1.165) is 16.8 Å². The van der Waals surface area contributed by atoms with E-state index < -0.39 is 5.92 Å². The molecule has 3 aromatic rings. The van der Waals surface area contributed by atoms with E-state index in [1.807, 2.05) is 68.4 Å². The predicted molar refractivity (Wildman–Crippen MR) is 116 cm³/mol. The zero-order valence-electron chi connectivity index (χ0n) is 17.8. The quantitative estimate of drug-likeness (QED) is 0.555. The second kappa shape index (κ2) is 9.39. The van der Waals surface area contributed by atoms with Crippen molar-refractivity contribution in [3.8, 4) is 16.9 Å². The lowest BCUT2D eigenvalue weighted by molar-refractivity contribution is -0.145. The highest BCUT2D eigenvalue weighted by atomic mass is 16.5. The summed E-state index contributed by atoms with van der Waals surface area (Å²) in [4.78, 5) is 26.9. The molecule has 0 aliphatic rings. The molecule has 0 bridgehead atoms. The molecule has 1 heterocycles. The highest BCUT2D eigenvalue weighted by Crippen LogP contribution is 2.25. The maximum atomic E-state index is 13.4. The standard InChI is InChI=1S/C24H27N3O3/c1-5-26(15-18(3)24(29)30-4)23(28)21-16-27(20-13-11-17(2)12-14-20)25-22(21)19-9-7-6-8-10-19/h6-14,16,18H,5,15H2,1-4H3. The number of hydrogen-bond acceptors (Lipinski definition) is 4. The molecule has 0 aliphatic carbocycles. The van der Waals surface area contributed by atoms with E-state index in [1.165, 1.54) is 7.11 Å². The molecule has 0 saturated heterocycles. The van der Waals surface area contributed by atoms with E-state index in [4.69, 9.17) is 9.84 Å². The van der Waals surface area contributed by atoms with Crippen molar-refractivity contribution in [2.24, 2.45) is 5.92 Å². The summed E-state index contributed by atoms with van der Waals surface area (Å²) >= 11 is 0. The molecule has 6 heteroatoms. The largest absolute Gasteiger partial charge is 0.469 e. The molecule has 1 aromatic heterocycles. The number of hydrogen-bond donors (Lipinski definition) is 0. The fourth-order valence-electron chi connectivity index (χ4n) is 3.30. The minimum atomic E-state index is -0.411.